The Bertz CT molecular complexity index is 348. The summed E-state index contributed by atoms with van der Waals surface area (Å²) in [5.41, 5.74) is 0. The van der Waals surface area contributed by atoms with Gasteiger partial charge in [-0.1, -0.05) is 24.6 Å². The molecule has 0 saturated carbocycles. The van der Waals surface area contributed by atoms with E-state index in [0.717, 1.165) is 23.8 Å². The maximum Gasteiger partial charge on any atom is 0.0465 e. The summed E-state index contributed by atoms with van der Waals surface area (Å²) in [6, 6.07) is 8.50. The van der Waals surface area contributed by atoms with E-state index in [4.69, 9.17) is 16.3 Å². The van der Waals surface area contributed by atoms with Crippen LogP contribution < -0.4 is 5.32 Å². The number of thioether (sulfide) groups is 1. The van der Waals surface area contributed by atoms with Gasteiger partial charge in [0.15, 0.2) is 0 Å². The summed E-state index contributed by atoms with van der Waals surface area (Å²) < 4.78 is 5.13. The molecule has 2 unspecified atom stereocenters. The van der Waals surface area contributed by atoms with E-state index in [1.807, 2.05) is 37.0 Å². The van der Waals surface area contributed by atoms with Crippen LogP contribution in [0, 0.1) is 5.92 Å². The van der Waals surface area contributed by atoms with Crippen LogP contribution in [0.3, 0.4) is 0 Å². The van der Waals surface area contributed by atoms with Crippen molar-refractivity contribution in [2.24, 2.45) is 5.92 Å². The van der Waals surface area contributed by atoms with Gasteiger partial charge in [0.1, 0.15) is 0 Å². The van der Waals surface area contributed by atoms with Gasteiger partial charge < -0.3 is 10.1 Å². The van der Waals surface area contributed by atoms with E-state index in [-0.39, 0.29) is 0 Å². The van der Waals surface area contributed by atoms with Crippen molar-refractivity contribution in [3.8, 4) is 0 Å². The van der Waals surface area contributed by atoms with E-state index < -0.39 is 0 Å². The number of halogens is 1. The number of ether oxygens (including phenoxy) is 1. The molecule has 4 heteroatoms. The Kier molecular flexibility index (Phi) is 7.75. The second-order valence-electron chi connectivity index (χ2n) is 4.42. The predicted octanol–water partition coefficient (Wildman–Crippen LogP) is 3.69. The summed E-state index contributed by atoms with van der Waals surface area (Å²) in [6.45, 7) is 3.08. The van der Waals surface area contributed by atoms with E-state index in [2.05, 4.69) is 18.3 Å². The lowest BCUT2D eigenvalue weighted by Gasteiger charge is -2.23. The standard InChI is InChI=1S/C14H22ClNOS/c1-11(7-8-17-3)14(16-2)10-18-13-6-4-5-12(15)9-13/h4-6,9,11,14,16H,7-8,10H2,1-3H3. The predicted molar refractivity (Wildman–Crippen MR) is 80.7 cm³/mol. The normalized spacial score (nSPS) is 14.4. The summed E-state index contributed by atoms with van der Waals surface area (Å²) >= 11 is 7.82. The molecule has 2 atom stereocenters. The van der Waals surface area contributed by atoms with Crippen LogP contribution in [0.5, 0.6) is 0 Å². The highest BCUT2D eigenvalue weighted by Crippen LogP contribution is 2.24. The number of nitrogens with one attached hydrogen (secondary N) is 1. The number of benzene rings is 1. The van der Waals surface area contributed by atoms with Gasteiger partial charge in [0, 0.05) is 35.4 Å². The number of hydrogen-bond donors (Lipinski definition) is 1. The highest BCUT2D eigenvalue weighted by atomic mass is 35.5. The van der Waals surface area contributed by atoms with Crippen molar-refractivity contribution >= 4 is 23.4 Å². The Morgan fingerprint density at radius 3 is 2.83 bits per heavy atom. The van der Waals surface area contributed by atoms with Gasteiger partial charge in [0.05, 0.1) is 0 Å². The molecule has 0 aromatic heterocycles. The second-order valence-corrected chi connectivity index (χ2v) is 5.95. The van der Waals surface area contributed by atoms with Crippen LogP contribution in [0.2, 0.25) is 5.02 Å². The molecule has 1 N–H and O–H groups in total. The maximum atomic E-state index is 5.98. The molecule has 0 spiro atoms. The minimum absolute atomic E-state index is 0.490. The minimum Gasteiger partial charge on any atom is -0.385 e. The zero-order valence-corrected chi connectivity index (χ0v) is 12.9. The van der Waals surface area contributed by atoms with Crippen molar-refractivity contribution in [1.82, 2.24) is 5.32 Å². The Labute approximate surface area is 119 Å². The third-order valence-electron chi connectivity index (χ3n) is 3.06. The van der Waals surface area contributed by atoms with Crippen LogP contribution in [0.25, 0.3) is 0 Å². The average molecular weight is 288 g/mol. The van der Waals surface area contributed by atoms with Gasteiger partial charge in [-0.3, -0.25) is 0 Å². The lowest BCUT2D eigenvalue weighted by molar-refractivity contribution is 0.173. The van der Waals surface area contributed by atoms with Crippen molar-refractivity contribution in [2.45, 2.75) is 24.3 Å². The van der Waals surface area contributed by atoms with E-state index in [1.165, 1.54) is 4.90 Å². The Balaban J connectivity index is 2.43. The van der Waals surface area contributed by atoms with Crippen LogP contribution in [-0.2, 0) is 4.74 Å². The van der Waals surface area contributed by atoms with Crippen LogP contribution in [0.4, 0.5) is 0 Å². The molecular formula is C14H22ClNOS. The molecule has 0 radical (unpaired) electrons. The fraction of sp³-hybridized carbons (Fsp3) is 0.571. The van der Waals surface area contributed by atoms with Gasteiger partial charge in [-0.2, -0.15) is 0 Å². The van der Waals surface area contributed by atoms with E-state index >= 15 is 0 Å². The van der Waals surface area contributed by atoms with Gasteiger partial charge in [-0.05, 0) is 37.6 Å². The molecular weight excluding hydrogens is 266 g/mol. The molecule has 0 aliphatic rings. The summed E-state index contributed by atoms with van der Waals surface area (Å²) in [7, 11) is 3.77. The van der Waals surface area contributed by atoms with Crippen LogP contribution in [-0.4, -0.2) is 32.6 Å². The van der Waals surface area contributed by atoms with Crippen LogP contribution >= 0.6 is 23.4 Å². The third kappa shape index (κ3) is 5.61. The van der Waals surface area contributed by atoms with Crippen molar-refractivity contribution in [2.75, 3.05) is 26.5 Å². The average Bonchev–Trinajstić information content (AvgIpc) is 2.37. The molecule has 0 fully saturated rings. The SMILES string of the molecule is CNC(CSc1cccc(Cl)c1)C(C)CCOC. The second kappa shape index (κ2) is 8.81. The van der Waals surface area contributed by atoms with Crippen LogP contribution in [0.1, 0.15) is 13.3 Å². The Morgan fingerprint density at radius 2 is 2.22 bits per heavy atom. The monoisotopic (exact) mass is 287 g/mol. The smallest absolute Gasteiger partial charge is 0.0465 e. The van der Waals surface area contributed by atoms with E-state index in [9.17, 15) is 0 Å². The summed E-state index contributed by atoms with van der Waals surface area (Å²) in [5, 5.41) is 4.19. The summed E-state index contributed by atoms with van der Waals surface area (Å²) in [5.74, 6) is 1.64. The van der Waals surface area contributed by atoms with Gasteiger partial charge in [-0.15, -0.1) is 11.8 Å². The van der Waals surface area contributed by atoms with E-state index in [0.29, 0.717) is 12.0 Å². The summed E-state index contributed by atoms with van der Waals surface area (Å²) in [4.78, 5) is 1.22. The molecule has 1 aromatic rings. The molecule has 0 aliphatic heterocycles. The zero-order chi connectivity index (χ0) is 13.4. The lowest BCUT2D eigenvalue weighted by atomic mass is 10.0. The first kappa shape index (κ1) is 15.8. The quantitative estimate of drug-likeness (QED) is 0.737. The van der Waals surface area contributed by atoms with Gasteiger partial charge in [0.25, 0.3) is 0 Å². The first-order chi connectivity index (χ1) is 8.67. The van der Waals surface area contributed by atoms with Crippen molar-refractivity contribution in [3.05, 3.63) is 29.3 Å². The van der Waals surface area contributed by atoms with E-state index in [1.54, 1.807) is 7.11 Å². The first-order valence-electron chi connectivity index (χ1n) is 6.22. The van der Waals surface area contributed by atoms with Gasteiger partial charge in [0.2, 0.25) is 0 Å². The number of methoxy groups -OCH3 is 1. The summed E-state index contributed by atoms with van der Waals surface area (Å²) in [6.07, 6.45) is 1.08. The molecule has 1 rings (SSSR count). The third-order valence-corrected chi connectivity index (χ3v) is 4.41. The largest absolute Gasteiger partial charge is 0.385 e. The molecule has 0 heterocycles. The molecule has 0 aliphatic carbocycles. The molecule has 0 saturated heterocycles. The number of rotatable bonds is 8. The van der Waals surface area contributed by atoms with Crippen molar-refractivity contribution in [1.29, 1.82) is 0 Å². The fourth-order valence-corrected chi connectivity index (χ4v) is 3.29. The molecule has 1 aromatic carbocycles. The van der Waals surface area contributed by atoms with Gasteiger partial charge >= 0.3 is 0 Å². The molecule has 2 nitrogen and oxygen atoms in total. The molecule has 102 valence electrons. The molecule has 0 amide bonds. The van der Waals surface area contributed by atoms with Crippen molar-refractivity contribution in [3.63, 3.8) is 0 Å². The molecule has 0 bridgehead atoms. The highest BCUT2D eigenvalue weighted by Gasteiger charge is 2.15. The Hall–Kier alpha value is -0.220. The van der Waals surface area contributed by atoms with Gasteiger partial charge in [-0.25, -0.2) is 0 Å². The highest BCUT2D eigenvalue weighted by molar-refractivity contribution is 7.99. The Morgan fingerprint density at radius 1 is 1.44 bits per heavy atom. The zero-order valence-electron chi connectivity index (χ0n) is 11.3. The topological polar surface area (TPSA) is 21.3 Å². The fourth-order valence-electron chi connectivity index (χ4n) is 1.78. The first-order valence-corrected chi connectivity index (χ1v) is 7.58. The number of hydrogen-bond acceptors (Lipinski definition) is 3. The lowest BCUT2D eigenvalue weighted by Crippen LogP contribution is -2.34. The maximum absolute atomic E-state index is 5.98. The molecule has 18 heavy (non-hydrogen) atoms. The van der Waals surface area contributed by atoms with Crippen molar-refractivity contribution < 1.29 is 4.74 Å². The minimum atomic E-state index is 0.490. The van der Waals surface area contributed by atoms with Crippen LogP contribution in [0.15, 0.2) is 29.2 Å².